The fourth-order valence-corrected chi connectivity index (χ4v) is 2.15. The zero-order valence-electron chi connectivity index (χ0n) is 11.4. The first-order valence-electron chi connectivity index (χ1n) is 5.93. The summed E-state index contributed by atoms with van der Waals surface area (Å²) in [6.45, 7) is 5.75. The average Bonchev–Trinajstić information content (AvgIpc) is 2.90. The van der Waals surface area contributed by atoms with Gasteiger partial charge in [0.05, 0.1) is 19.5 Å². The van der Waals surface area contributed by atoms with Crippen LogP contribution in [0.15, 0.2) is 16.8 Å². The Bertz CT molecular complexity index is 613. The molecule has 0 saturated heterocycles. The molecule has 0 aromatic carbocycles. The second-order valence-corrected chi connectivity index (χ2v) is 4.42. The molecule has 6 heteroatoms. The summed E-state index contributed by atoms with van der Waals surface area (Å²) in [4.78, 5) is 15.5. The number of esters is 1. The van der Waals surface area contributed by atoms with Crippen molar-refractivity contribution in [2.75, 3.05) is 12.8 Å². The van der Waals surface area contributed by atoms with Crippen molar-refractivity contribution in [1.29, 1.82) is 0 Å². The van der Waals surface area contributed by atoms with Gasteiger partial charge in [-0.3, -0.25) is 0 Å². The van der Waals surface area contributed by atoms with Gasteiger partial charge < -0.3 is 19.5 Å². The minimum atomic E-state index is -0.538. The lowest BCUT2D eigenvalue weighted by Gasteiger charge is -2.14. The SMILES string of the molecule is COC(=O)c1ncn(C(C)c2cc(C)oc2C)c1N. The van der Waals surface area contributed by atoms with Crippen LogP contribution in [0.4, 0.5) is 5.82 Å². The van der Waals surface area contributed by atoms with Crippen molar-refractivity contribution in [3.05, 3.63) is 35.2 Å². The van der Waals surface area contributed by atoms with Crippen LogP contribution in [-0.2, 0) is 4.74 Å². The molecule has 2 aromatic rings. The zero-order chi connectivity index (χ0) is 14.2. The van der Waals surface area contributed by atoms with E-state index < -0.39 is 5.97 Å². The first-order chi connectivity index (χ1) is 8.95. The first kappa shape index (κ1) is 13.2. The number of ether oxygens (including phenoxy) is 1. The maximum atomic E-state index is 11.5. The van der Waals surface area contributed by atoms with Gasteiger partial charge in [-0.05, 0) is 26.8 Å². The molecule has 0 aliphatic rings. The molecule has 0 fully saturated rings. The molecule has 2 rings (SSSR count). The van der Waals surface area contributed by atoms with Crippen molar-refractivity contribution in [2.45, 2.75) is 26.8 Å². The number of nitrogens with two attached hydrogens (primary N) is 1. The number of hydrogen-bond donors (Lipinski definition) is 1. The van der Waals surface area contributed by atoms with E-state index >= 15 is 0 Å². The topological polar surface area (TPSA) is 83.3 Å². The van der Waals surface area contributed by atoms with Crippen molar-refractivity contribution in [1.82, 2.24) is 9.55 Å². The summed E-state index contributed by atoms with van der Waals surface area (Å²) in [5.41, 5.74) is 7.09. The number of furan rings is 1. The van der Waals surface area contributed by atoms with Gasteiger partial charge in [0.2, 0.25) is 0 Å². The van der Waals surface area contributed by atoms with Gasteiger partial charge in [-0.25, -0.2) is 9.78 Å². The van der Waals surface area contributed by atoms with Gasteiger partial charge in [-0.2, -0.15) is 0 Å². The van der Waals surface area contributed by atoms with E-state index in [2.05, 4.69) is 9.72 Å². The van der Waals surface area contributed by atoms with Gasteiger partial charge in [0.15, 0.2) is 5.69 Å². The van der Waals surface area contributed by atoms with E-state index in [1.165, 1.54) is 13.4 Å². The summed E-state index contributed by atoms with van der Waals surface area (Å²) in [5.74, 6) is 1.42. The van der Waals surface area contributed by atoms with Crippen molar-refractivity contribution in [3.63, 3.8) is 0 Å². The number of aryl methyl sites for hydroxylation is 2. The number of nitrogen functional groups attached to an aromatic ring is 1. The molecule has 0 aliphatic heterocycles. The summed E-state index contributed by atoms with van der Waals surface area (Å²) in [6.07, 6.45) is 1.54. The molecule has 0 aliphatic carbocycles. The number of nitrogens with zero attached hydrogens (tertiary/aromatic N) is 2. The minimum Gasteiger partial charge on any atom is -0.466 e. The minimum absolute atomic E-state index is 0.0663. The maximum absolute atomic E-state index is 11.5. The van der Waals surface area contributed by atoms with Crippen molar-refractivity contribution in [2.24, 2.45) is 0 Å². The second-order valence-electron chi connectivity index (χ2n) is 4.42. The number of rotatable bonds is 3. The molecular weight excluding hydrogens is 246 g/mol. The van der Waals surface area contributed by atoms with Crippen LogP contribution in [-0.4, -0.2) is 22.6 Å². The number of hydrogen-bond acceptors (Lipinski definition) is 5. The van der Waals surface area contributed by atoms with Crippen molar-refractivity contribution in [3.8, 4) is 0 Å². The molecule has 0 spiro atoms. The van der Waals surface area contributed by atoms with Gasteiger partial charge in [0.1, 0.15) is 17.3 Å². The quantitative estimate of drug-likeness (QED) is 0.857. The van der Waals surface area contributed by atoms with Gasteiger partial charge in [0.25, 0.3) is 0 Å². The van der Waals surface area contributed by atoms with Crippen LogP contribution >= 0.6 is 0 Å². The molecule has 1 unspecified atom stereocenters. The normalized spacial score (nSPS) is 12.4. The Balaban J connectivity index is 2.40. The van der Waals surface area contributed by atoms with Crippen LogP contribution < -0.4 is 5.73 Å². The van der Waals surface area contributed by atoms with E-state index in [4.69, 9.17) is 10.2 Å². The Morgan fingerprint density at radius 3 is 2.74 bits per heavy atom. The first-order valence-corrected chi connectivity index (χ1v) is 5.93. The molecule has 2 heterocycles. The molecule has 1 atom stereocenters. The Hall–Kier alpha value is -2.24. The van der Waals surface area contributed by atoms with E-state index in [0.717, 1.165) is 17.1 Å². The molecule has 0 saturated carbocycles. The lowest BCUT2D eigenvalue weighted by atomic mass is 10.1. The van der Waals surface area contributed by atoms with E-state index in [9.17, 15) is 4.79 Å². The molecular formula is C13H17N3O3. The monoisotopic (exact) mass is 263 g/mol. The largest absolute Gasteiger partial charge is 0.466 e. The predicted molar refractivity (Wildman–Crippen MR) is 70.0 cm³/mol. The molecule has 102 valence electrons. The standard InChI is InChI=1S/C13H17N3O3/c1-7-5-10(9(3)19-7)8(2)16-6-15-11(12(16)14)13(17)18-4/h5-6,8H,14H2,1-4H3. The maximum Gasteiger partial charge on any atom is 0.360 e. The highest BCUT2D eigenvalue weighted by atomic mass is 16.5. The predicted octanol–water partition coefficient (Wildman–Crippen LogP) is 2.07. The van der Waals surface area contributed by atoms with Crippen LogP contribution in [0, 0.1) is 13.8 Å². The summed E-state index contributed by atoms with van der Waals surface area (Å²) in [7, 11) is 1.30. The Labute approximate surface area is 111 Å². The van der Waals surface area contributed by atoms with E-state index in [1.807, 2.05) is 26.8 Å². The van der Waals surface area contributed by atoms with Gasteiger partial charge >= 0.3 is 5.97 Å². The van der Waals surface area contributed by atoms with Crippen molar-refractivity contribution < 1.29 is 13.9 Å². The zero-order valence-corrected chi connectivity index (χ0v) is 11.4. The number of methoxy groups -OCH3 is 1. The van der Waals surface area contributed by atoms with Crippen LogP contribution in [0.2, 0.25) is 0 Å². The average molecular weight is 263 g/mol. The number of carbonyl (C=O) groups is 1. The van der Waals surface area contributed by atoms with Gasteiger partial charge in [0, 0.05) is 5.56 Å². The van der Waals surface area contributed by atoms with E-state index in [1.54, 1.807) is 4.57 Å². The van der Waals surface area contributed by atoms with Gasteiger partial charge in [-0.1, -0.05) is 0 Å². The molecule has 0 amide bonds. The van der Waals surface area contributed by atoms with E-state index in [-0.39, 0.29) is 17.6 Å². The molecule has 2 N–H and O–H groups in total. The molecule has 0 radical (unpaired) electrons. The molecule has 0 bridgehead atoms. The fraction of sp³-hybridized carbons (Fsp3) is 0.385. The summed E-state index contributed by atoms with van der Waals surface area (Å²) < 4.78 is 11.9. The molecule has 2 aromatic heterocycles. The molecule has 6 nitrogen and oxygen atoms in total. The number of anilines is 1. The van der Waals surface area contributed by atoms with Crippen LogP contribution in [0.3, 0.4) is 0 Å². The summed E-state index contributed by atoms with van der Waals surface area (Å²) in [6, 6.07) is 1.89. The lowest BCUT2D eigenvalue weighted by Crippen LogP contribution is -2.12. The highest BCUT2D eigenvalue weighted by molar-refractivity contribution is 5.92. The van der Waals surface area contributed by atoms with Crippen LogP contribution in [0.1, 0.15) is 40.5 Å². The van der Waals surface area contributed by atoms with Crippen LogP contribution in [0.25, 0.3) is 0 Å². The third kappa shape index (κ3) is 2.21. The second kappa shape index (κ2) is 4.79. The Morgan fingerprint density at radius 2 is 2.21 bits per heavy atom. The summed E-state index contributed by atoms with van der Waals surface area (Å²) in [5, 5.41) is 0. The summed E-state index contributed by atoms with van der Waals surface area (Å²) >= 11 is 0. The van der Waals surface area contributed by atoms with E-state index in [0.29, 0.717) is 0 Å². The van der Waals surface area contributed by atoms with Gasteiger partial charge in [-0.15, -0.1) is 0 Å². The highest BCUT2D eigenvalue weighted by Gasteiger charge is 2.21. The lowest BCUT2D eigenvalue weighted by molar-refractivity contribution is 0.0596. The third-order valence-corrected chi connectivity index (χ3v) is 3.16. The number of carbonyl (C=O) groups excluding carboxylic acids is 1. The Morgan fingerprint density at radius 1 is 1.53 bits per heavy atom. The van der Waals surface area contributed by atoms with Crippen LogP contribution in [0.5, 0.6) is 0 Å². The van der Waals surface area contributed by atoms with Crippen molar-refractivity contribution >= 4 is 11.8 Å². The number of imidazole rings is 1. The number of aromatic nitrogens is 2. The fourth-order valence-electron chi connectivity index (χ4n) is 2.15. The Kier molecular flexibility index (Phi) is 3.33. The smallest absolute Gasteiger partial charge is 0.360 e. The molecule has 19 heavy (non-hydrogen) atoms. The third-order valence-electron chi connectivity index (χ3n) is 3.16. The highest BCUT2D eigenvalue weighted by Crippen LogP contribution is 2.27.